The maximum Gasteiger partial charge on any atom is 0.119 e. The molecule has 0 amide bonds. The van der Waals surface area contributed by atoms with Crippen LogP contribution in [0.3, 0.4) is 0 Å². The van der Waals surface area contributed by atoms with Crippen LogP contribution in [0.15, 0.2) is 24.3 Å². The van der Waals surface area contributed by atoms with Crippen LogP contribution < -0.4 is 10.1 Å². The van der Waals surface area contributed by atoms with E-state index < -0.39 is 0 Å². The lowest BCUT2D eigenvalue weighted by Gasteiger charge is -2.20. The monoisotopic (exact) mass is 247 g/mol. The van der Waals surface area contributed by atoms with Crippen molar-refractivity contribution in [2.75, 3.05) is 6.61 Å². The molecular weight excluding hydrogens is 222 g/mol. The van der Waals surface area contributed by atoms with Gasteiger partial charge < -0.3 is 10.1 Å². The fraction of sp³-hybridized carbons (Fsp3) is 0.625. The van der Waals surface area contributed by atoms with Crippen LogP contribution >= 0.6 is 0 Å². The van der Waals surface area contributed by atoms with Gasteiger partial charge in [0.25, 0.3) is 0 Å². The van der Waals surface area contributed by atoms with Crippen molar-refractivity contribution in [3.8, 4) is 5.75 Å². The Morgan fingerprint density at radius 2 is 1.83 bits per heavy atom. The molecule has 0 aromatic heterocycles. The Hall–Kier alpha value is -1.02. The topological polar surface area (TPSA) is 21.3 Å². The molecule has 100 valence electrons. The highest BCUT2D eigenvalue weighted by Crippen LogP contribution is 2.32. The second kappa shape index (κ2) is 5.75. The van der Waals surface area contributed by atoms with Gasteiger partial charge in [0.15, 0.2) is 0 Å². The average molecular weight is 247 g/mol. The van der Waals surface area contributed by atoms with Crippen molar-refractivity contribution in [2.45, 2.75) is 52.1 Å². The van der Waals surface area contributed by atoms with Gasteiger partial charge in [-0.2, -0.15) is 0 Å². The molecule has 18 heavy (non-hydrogen) atoms. The van der Waals surface area contributed by atoms with E-state index in [9.17, 15) is 0 Å². The molecule has 0 aliphatic heterocycles. The SMILES string of the molecule is CC(C)(C)NCc1ccc(OCCC2CC2)cc1. The number of benzene rings is 1. The predicted molar refractivity (Wildman–Crippen MR) is 75.9 cm³/mol. The van der Waals surface area contributed by atoms with Crippen LogP contribution in [-0.2, 0) is 6.54 Å². The highest BCUT2D eigenvalue weighted by atomic mass is 16.5. The Morgan fingerprint density at radius 3 is 2.39 bits per heavy atom. The first-order valence-corrected chi connectivity index (χ1v) is 7.00. The minimum Gasteiger partial charge on any atom is -0.494 e. The zero-order valence-corrected chi connectivity index (χ0v) is 11.8. The molecule has 0 bridgehead atoms. The van der Waals surface area contributed by atoms with Gasteiger partial charge in [-0.25, -0.2) is 0 Å². The summed E-state index contributed by atoms with van der Waals surface area (Å²) in [5, 5.41) is 3.48. The van der Waals surface area contributed by atoms with Crippen molar-refractivity contribution in [1.29, 1.82) is 0 Å². The van der Waals surface area contributed by atoms with Gasteiger partial charge in [-0.15, -0.1) is 0 Å². The number of ether oxygens (including phenoxy) is 1. The van der Waals surface area contributed by atoms with Crippen LogP contribution in [0.2, 0.25) is 0 Å². The van der Waals surface area contributed by atoms with Gasteiger partial charge in [-0.05, 0) is 50.8 Å². The smallest absolute Gasteiger partial charge is 0.119 e. The lowest BCUT2D eigenvalue weighted by atomic mass is 10.1. The normalized spacial score (nSPS) is 15.7. The number of hydrogen-bond donors (Lipinski definition) is 1. The van der Waals surface area contributed by atoms with Crippen molar-refractivity contribution in [1.82, 2.24) is 5.32 Å². The Bertz CT molecular complexity index is 360. The third-order valence-electron chi connectivity index (χ3n) is 3.24. The highest BCUT2D eigenvalue weighted by Gasteiger charge is 2.20. The average Bonchev–Trinajstić information content (AvgIpc) is 3.11. The van der Waals surface area contributed by atoms with E-state index in [2.05, 4.69) is 50.4 Å². The van der Waals surface area contributed by atoms with Crippen LogP contribution in [0.5, 0.6) is 5.75 Å². The first kappa shape index (κ1) is 13.4. The molecule has 0 atom stereocenters. The molecule has 1 aromatic rings. The van der Waals surface area contributed by atoms with Crippen molar-refractivity contribution in [2.24, 2.45) is 5.92 Å². The van der Waals surface area contributed by atoms with Crippen molar-refractivity contribution >= 4 is 0 Å². The lowest BCUT2D eigenvalue weighted by Crippen LogP contribution is -2.35. The summed E-state index contributed by atoms with van der Waals surface area (Å²) >= 11 is 0. The van der Waals surface area contributed by atoms with Crippen molar-refractivity contribution in [3.05, 3.63) is 29.8 Å². The molecule has 0 heterocycles. The fourth-order valence-electron chi connectivity index (χ4n) is 1.82. The minimum atomic E-state index is 0.166. The maximum absolute atomic E-state index is 5.74. The Morgan fingerprint density at radius 1 is 1.17 bits per heavy atom. The molecule has 1 aliphatic carbocycles. The quantitative estimate of drug-likeness (QED) is 0.826. The van der Waals surface area contributed by atoms with E-state index in [0.29, 0.717) is 0 Å². The lowest BCUT2D eigenvalue weighted by molar-refractivity contribution is 0.302. The zero-order valence-electron chi connectivity index (χ0n) is 11.8. The fourth-order valence-corrected chi connectivity index (χ4v) is 1.82. The molecule has 1 aromatic carbocycles. The van der Waals surface area contributed by atoms with E-state index in [1.807, 2.05) is 0 Å². The van der Waals surface area contributed by atoms with Crippen LogP contribution in [0.25, 0.3) is 0 Å². The standard InChI is InChI=1S/C16H25NO/c1-16(2,3)17-12-14-6-8-15(9-7-14)18-11-10-13-4-5-13/h6-9,13,17H,4-5,10-12H2,1-3H3. The van der Waals surface area contributed by atoms with E-state index in [0.717, 1.165) is 24.8 Å². The molecule has 0 spiro atoms. The van der Waals surface area contributed by atoms with E-state index >= 15 is 0 Å². The zero-order chi connectivity index (χ0) is 13.0. The number of hydrogen-bond acceptors (Lipinski definition) is 2. The van der Waals surface area contributed by atoms with E-state index in [-0.39, 0.29) is 5.54 Å². The van der Waals surface area contributed by atoms with E-state index in [1.54, 1.807) is 0 Å². The van der Waals surface area contributed by atoms with Gasteiger partial charge in [-0.3, -0.25) is 0 Å². The molecule has 1 saturated carbocycles. The van der Waals surface area contributed by atoms with Gasteiger partial charge in [0, 0.05) is 12.1 Å². The Kier molecular flexibility index (Phi) is 4.28. The summed E-state index contributed by atoms with van der Waals surface area (Å²) < 4.78 is 5.74. The van der Waals surface area contributed by atoms with Gasteiger partial charge >= 0.3 is 0 Å². The van der Waals surface area contributed by atoms with Crippen molar-refractivity contribution in [3.63, 3.8) is 0 Å². The summed E-state index contributed by atoms with van der Waals surface area (Å²) in [6.07, 6.45) is 4.02. The third-order valence-corrected chi connectivity index (χ3v) is 3.24. The molecule has 2 heteroatoms. The summed E-state index contributed by atoms with van der Waals surface area (Å²) in [5.74, 6) is 1.94. The van der Waals surface area contributed by atoms with Crippen molar-refractivity contribution < 1.29 is 4.74 Å². The van der Waals surface area contributed by atoms with Gasteiger partial charge in [-0.1, -0.05) is 25.0 Å². The van der Waals surface area contributed by atoms with Crippen LogP contribution in [-0.4, -0.2) is 12.1 Å². The van der Waals surface area contributed by atoms with E-state index in [1.165, 1.54) is 24.8 Å². The summed E-state index contributed by atoms with van der Waals surface area (Å²) in [4.78, 5) is 0. The first-order chi connectivity index (χ1) is 8.53. The minimum absolute atomic E-state index is 0.166. The van der Waals surface area contributed by atoms with Gasteiger partial charge in [0.1, 0.15) is 5.75 Å². The molecule has 1 fully saturated rings. The molecular formula is C16H25NO. The maximum atomic E-state index is 5.74. The largest absolute Gasteiger partial charge is 0.494 e. The van der Waals surface area contributed by atoms with Crippen LogP contribution in [0.1, 0.15) is 45.6 Å². The predicted octanol–water partition coefficient (Wildman–Crippen LogP) is 3.75. The number of nitrogens with one attached hydrogen (secondary N) is 1. The molecule has 0 saturated heterocycles. The second-order valence-corrected chi connectivity index (χ2v) is 6.33. The Labute approximate surface area is 111 Å². The number of rotatable bonds is 6. The molecule has 0 unspecified atom stereocenters. The third kappa shape index (κ3) is 5.09. The summed E-state index contributed by atoms with van der Waals surface area (Å²) in [7, 11) is 0. The van der Waals surface area contributed by atoms with E-state index in [4.69, 9.17) is 4.74 Å². The van der Waals surface area contributed by atoms with Crippen LogP contribution in [0.4, 0.5) is 0 Å². The van der Waals surface area contributed by atoms with Gasteiger partial charge in [0.2, 0.25) is 0 Å². The molecule has 1 N–H and O–H groups in total. The second-order valence-electron chi connectivity index (χ2n) is 6.33. The Balaban J connectivity index is 1.73. The molecule has 2 nitrogen and oxygen atoms in total. The van der Waals surface area contributed by atoms with Gasteiger partial charge in [0.05, 0.1) is 6.61 Å². The molecule has 1 aliphatic rings. The first-order valence-electron chi connectivity index (χ1n) is 7.00. The highest BCUT2D eigenvalue weighted by molar-refractivity contribution is 5.27. The summed E-state index contributed by atoms with van der Waals surface area (Å²) in [6, 6.07) is 8.44. The summed E-state index contributed by atoms with van der Waals surface area (Å²) in [6.45, 7) is 8.32. The molecule has 0 radical (unpaired) electrons. The van der Waals surface area contributed by atoms with Crippen LogP contribution in [0, 0.1) is 5.92 Å². The molecule has 2 rings (SSSR count). The summed E-state index contributed by atoms with van der Waals surface area (Å²) in [5.41, 5.74) is 1.47.